The summed E-state index contributed by atoms with van der Waals surface area (Å²) < 4.78 is 0.840. The van der Waals surface area contributed by atoms with Crippen molar-refractivity contribution in [2.75, 3.05) is 4.90 Å². The Hall–Kier alpha value is -3.43. The molecule has 160 valence electrons. The summed E-state index contributed by atoms with van der Waals surface area (Å²) in [4.78, 5) is 38.8. The number of nitrogens with one attached hydrogen (secondary N) is 2. The van der Waals surface area contributed by atoms with Crippen molar-refractivity contribution in [3.05, 3.63) is 76.8 Å². The molecule has 1 aliphatic rings. The Kier molecular flexibility index (Phi) is 6.38. The maximum atomic E-state index is 12.9. The van der Waals surface area contributed by atoms with E-state index in [9.17, 15) is 14.4 Å². The van der Waals surface area contributed by atoms with Gasteiger partial charge in [-0.15, -0.1) is 0 Å². The molecule has 2 N–H and O–H groups in total. The number of thiocarbonyl (C=S) groups is 1. The standard InChI is InChI=1S/C23H17BrN4O3S/c24-16-8-10-17(11-9-16)28-22(31)19(21(30)26-23(28)32)13-25-27-20(29)12-15-6-3-5-14-4-1-2-7-18(14)15/h1-11,13,19H,12H2,(H,27,29)(H,26,30,32)/b25-13-/t19-/m0/s1. The fourth-order valence-corrected chi connectivity index (χ4v) is 3.96. The van der Waals surface area contributed by atoms with Crippen LogP contribution in [0.5, 0.6) is 0 Å². The van der Waals surface area contributed by atoms with E-state index in [-0.39, 0.29) is 17.4 Å². The zero-order valence-corrected chi connectivity index (χ0v) is 19.0. The molecule has 0 bridgehead atoms. The van der Waals surface area contributed by atoms with E-state index in [1.54, 1.807) is 24.3 Å². The van der Waals surface area contributed by atoms with Crippen LogP contribution in [-0.4, -0.2) is 29.0 Å². The second-order valence-electron chi connectivity index (χ2n) is 7.05. The van der Waals surface area contributed by atoms with E-state index < -0.39 is 17.7 Å². The van der Waals surface area contributed by atoms with Crippen LogP contribution in [0.1, 0.15) is 5.56 Å². The van der Waals surface area contributed by atoms with Crippen molar-refractivity contribution in [3.8, 4) is 0 Å². The third-order valence-electron chi connectivity index (χ3n) is 4.93. The molecule has 1 atom stereocenters. The van der Waals surface area contributed by atoms with E-state index in [2.05, 4.69) is 31.8 Å². The van der Waals surface area contributed by atoms with Gasteiger partial charge in [-0.3, -0.25) is 19.3 Å². The number of hydrogen-bond donors (Lipinski definition) is 2. The lowest BCUT2D eigenvalue weighted by Crippen LogP contribution is -2.58. The minimum absolute atomic E-state index is 0.00744. The van der Waals surface area contributed by atoms with Crippen molar-refractivity contribution in [1.82, 2.24) is 10.7 Å². The summed E-state index contributed by atoms with van der Waals surface area (Å²) in [5.74, 6) is -2.72. The number of carbonyl (C=O) groups is 3. The Morgan fingerprint density at radius 1 is 1.09 bits per heavy atom. The van der Waals surface area contributed by atoms with Gasteiger partial charge in [-0.1, -0.05) is 58.4 Å². The number of hydrogen-bond acceptors (Lipinski definition) is 5. The first-order chi connectivity index (χ1) is 15.4. The molecule has 0 saturated carbocycles. The Labute approximate surface area is 197 Å². The number of anilines is 1. The molecule has 0 unspecified atom stereocenters. The molecule has 1 heterocycles. The molecule has 1 aliphatic heterocycles. The van der Waals surface area contributed by atoms with Crippen LogP contribution >= 0.6 is 28.1 Å². The third-order valence-corrected chi connectivity index (χ3v) is 5.74. The number of nitrogens with zero attached hydrogens (tertiary/aromatic N) is 2. The summed E-state index contributed by atoms with van der Waals surface area (Å²) in [7, 11) is 0. The quantitative estimate of drug-likeness (QED) is 0.239. The molecule has 7 nitrogen and oxygen atoms in total. The summed E-state index contributed by atoms with van der Waals surface area (Å²) in [6, 6.07) is 20.4. The number of rotatable bonds is 5. The highest BCUT2D eigenvalue weighted by molar-refractivity contribution is 9.10. The molecule has 3 aromatic rings. The minimum atomic E-state index is -1.22. The fraction of sp³-hybridized carbons (Fsp3) is 0.0870. The molecular formula is C23H17BrN4O3S. The highest BCUT2D eigenvalue weighted by Gasteiger charge is 2.38. The number of carbonyl (C=O) groups excluding carboxylic acids is 3. The second kappa shape index (κ2) is 9.37. The van der Waals surface area contributed by atoms with Gasteiger partial charge >= 0.3 is 0 Å². The topological polar surface area (TPSA) is 90.9 Å². The van der Waals surface area contributed by atoms with Crippen LogP contribution < -0.4 is 15.6 Å². The van der Waals surface area contributed by atoms with Crippen LogP contribution in [0.15, 0.2) is 76.3 Å². The normalized spacial score (nSPS) is 16.5. The van der Waals surface area contributed by atoms with E-state index in [1.807, 2.05) is 42.5 Å². The predicted molar refractivity (Wildman–Crippen MR) is 130 cm³/mol. The third kappa shape index (κ3) is 4.58. The van der Waals surface area contributed by atoms with Crippen molar-refractivity contribution in [1.29, 1.82) is 0 Å². The second-order valence-corrected chi connectivity index (χ2v) is 8.35. The lowest BCUT2D eigenvalue weighted by molar-refractivity contribution is -0.130. The Morgan fingerprint density at radius 3 is 2.59 bits per heavy atom. The van der Waals surface area contributed by atoms with Crippen molar-refractivity contribution < 1.29 is 14.4 Å². The zero-order chi connectivity index (χ0) is 22.7. The smallest absolute Gasteiger partial charge is 0.251 e. The summed E-state index contributed by atoms with van der Waals surface area (Å²) in [6.45, 7) is 0. The first kappa shape index (κ1) is 21.8. The molecule has 32 heavy (non-hydrogen) atoms. The van der Waals surface area contributed by atoms with E-state index in [0.29, 0.717) is 5.69 Å². The summed E-state index contributed by atoms with van der Waals surface area (Å²) in [5.41, 5.74) is 3.77. The van der Waals surface area contributed by atoms with Crippen LogP contribution in [0.3, 0.4) is 0 Å². The van der Waals surface area contributed by atoms with E-state index in [4.69, 9.17) is 12.2 Å². The monoisotopic (exact) mass is 508 g/mol. The molecular weight excluding hydrogens is 492 g/mol. The summed E-state index contributed by atoms with van der Waals surface area (Å²) in [6.07, 6.45) is 1.23. The van der Waals surface area contributed by atoms with E-state index in [0.717, 1.165) is 27.0 Å². The first-order valence-electron chi connectivity index (χ1n) is 9.67. The van der Waals surface area contributed by atoms with Gasteiger partial charge in [-0.05, 0) is 52.8 Å². The van der Waals surface area contributed by atoms with Crippen LogP contribution in [0.2, 0.25) is 0 Å². The maximum absolute atomic E-state index is 12.9. The van der Waals surface area contributed by atoms with Crippen molar-refractivity contribution in [2.45, 2.75) is 6.42 Å². The average molecular weight is 509 g/mol. The molecule has 3 aromatic carbocycles. The highest BCUT2D eigenvalue weighted by atomic mass is 79.9. The van der Waals surface area contributed by atoms with Crippen LogP contribution in [-0.2, 0) is 20.8 Å². The van der Waals surface area contributed by atoms with Gasteiger partial charge in [0.05, 0.1) is 12.1 Å². The molecule has 3 amide bonds. The number of fused-ring (bicyclic) bond motifs is 1. The maximum Gasteiger partial charge on any atom is 0.251 e. The molecule has 1 fully saturated rings. The van der Waals surface area contributed by atoms with E-state index >= 15 is 0 Å². The number of benzene rings is 3. The first-order valence-corrected chi connectivity index (χ1v) is 10.9. The van der Waals surface area contributed by atoms with Crippen molar-refractivity contribution in [3.63, 3.8) is 0 Å². The Morgan fingerprint density at radius 2 is 1.81 bits per heavy atom. The summed E-state index contributed by atoms with van der Waals surface area (Å²) in [5, 5.41) is 8.37. The van der Waals surface area contributed by atoms with E-state index in [1.165, 1.54) is 4.90 Å². The fourth-order valence-electron chi connectivity index (χ4n) is 3.40. The van der Waals surface area contributed by atoms with Gasteiger partial charge in [0.15, 0.2) is 11.0 Å². The summed E-state index contributed by atoms with van der Waals surface area (Å²) >= 11 is 8.50. The van der Waals surface area contributed by atoms with Crippen LogP contribution in [0, 0.1) is 5.92 Å². The molecule has 0 spiro atoms. The number of halogens is 1. The lowest BCUT2D eigenvalue weighted by atomic mass is 10.0. The molecule has 4 rings (SSSR count). The molecule has 0 aliphatic carbocycles. The SMILES string of the molecule is O=C(Cc1cccc2ccccc12)N/N=C\[C@H]1C(=O)NC(=S)N(c2ccc(Br)cc2)C1=O. The molecule has 0 aromatic heterocycles. The van der Waals surface area contributed by atoms with Gasteiger partial charge in [0.1, 0.15) is 0 Å². The van der Waals surface area contributed by atoms with Crippen LogP contribution in [0.25, 0.3) is 10.8 Å². The van der Waals surface area contributed by atoms with Gasteiger partial charge < -0.3 is 5.32 Å². The highest BCUT2D eigenvalue weighted by Crippen LogP contribution is 2.23. The molecule has 1 saturated heterocycles. The van der Waals surface area contributed by atoms with Gasteiger partial charge in [0, 0.05) is 10.7 Å². The lowest BCUT2D eigenvalue weighted by Gasteiger charge is -2.30. The zero-order valence-electron chi connectivity index (χ0n) is 16.6. The predicted octanol–water partition coefficient (Wildman–Crippen LogP) is 3.31. The van der Waals surface area contributed by atoms with Crippen molar-refractivity contribution in [2.24, 2.45) is 11.0 Å². The number of hydrazone groups is 1. The largest absolute Gasteiger partial charge is 0.301 e. The van der Waals surface area contributed by atoms with Gasteiger partial charge in [-0.2, -0.15) is 5.10 Å². The van der Waals surface area contributed by atoms with Gasteiger partial charge in [0.2, 0.25) is 11.8 Å². The van der Waals surface area contributed by atoms with Gasteiger partial charge in [-0.25, -0.2) is 5.43 Å². The molecule has 9 heteroatoms. The van der Waals surface area contributed by atoms with Crippen LogP contribution in [0.4, 0.5) is 5.69 Å². The Bertz CT molecular complexity index is 1250. The minimum Gasteiger partial charge on any atom is -0.301 e. The average Bonchev–Trinajstić information content (AvgIpc) is 2.77. The van der Waals surface area contributed by atoms with Crippen molar-refractivity contribution >= 4 is 73.7 Å². The number of amides is 3. The molecule has 0 radical (unpaired) electrons. The van der Waals surface area contributed by atoms with Gasteiger partial charge in [0.25, 0.3) is 5.91 Å². The Balaban J connectivity index is 1.45.